The molecule has 0 bridgehead atoms. The molecule has 1 aliphatic rings. The number of rotatable bonds is 7. The van der Waals surface area contributed by atoms with Crippen molar-refractivity contribution in [1.29, 1.82) is 0 Å². The molecule has 7 heteroatoms. The molecule has 1 unspecified atom stereocenters. The summed E-state index contributed by atoms with van der Waals surface area (Å²) in [6.07, 6.45) is 2.31. The molecular formula is C23H24FN3O3. The normalized spacial score (nSPS) is 16.3. The lowest BCUT2D eigenvalue weighted by Gasteiger charge is -2.17. The first-order chi connectivity index (χ1) is 14.5. The molecule has 0 aliphatic carbocycles. The van der Waals surface area contributed by atoms with Crippen LogP contribution in [0.3, 0.4) is 0 Å². The van der Waals surface area contributed by atoms with Crippen LogP contribution < -0.4 is 9.64 Å². The van der Waals surface area contributed by atoms with Gasteiger partial charge in [0.2, 0.25) is 17.6 Å². The largest absolute Gasteiger partial charge is 0.494 e. The first-order valence-electron chi connectivity index (χ1n) is 10.2. The number of nitrogens with zero attached hydrogens (tertiary/aromatic N) is 3. The molecule has 1 saturated heterocycles. The highest BCUT2D eigenvalue weighted by molar-refractivity contribution is 5.96. The van der Waals surface area contributed by atoms with E-state index in [0.29, 0.717) is 30.6 Å². The second-order valence-corrected chi connectivity index (χ2v) is 7.54. The zero-order valence-corrected chi connectivity index (χ0v) is 17.1. The van der Waals surface area contributed by atoms with Crippen LogP contribution in [0.1, 0.15) is 43.6 Å². The van der Waals surface area contributed by atoms with Gasteiger partial charge in [-0.2, -0.15) is 4.98 Å². The van der Waals surface area contributed by atoms with Crippen molar-refractivity contribution in [3.63, 3.8) is 0 Å². The summed E-state index contributed by atoms with van der Waals surface area (Å²) in [5.74, 6) is 0.804. The molecule has 0 saturated carbocycles. The standard InChI is InChI=1S/C23H24FN3O3/c1-3-4-11-29-18-8-6-16(7-9-18)22-25-23(30-26-22)17-13-21(28)27(14-17)20-12-15(2)5-10-19(20)24/h5-10,12,17H,3-4,11,13-14H2,1-2H3. The zero-order chi connectivity index (χ0) is 21.1. The lowest BCUT2D eigenvalue weighted by molar-refractivity contribution is -0.117. The summed E-state index contributed by atoms with van der Waals surface area (Å²) >= 11 is 0. The third kappa shape index (κ3) is 4.20. The number of aromatic nitrogens is 2. The highest BCUT2D eigenvalue weighted by atomic mass is 19.1. The van der Waals surface area contributed by atoms with Crippen LogP contribution in [0.25, 0.3) is 11.4 Å². The van der Waals surface area contributed by atoms with Crippen molar-refractivity contribution >= 4 is 11.6 Å². The minimum atomic E-state index is -0.415. The van der Waals surface area contributed by atoms with Crippen LogP contribution in [-0.4, -0.2) is 29.2 Å². The Bertz CT molecular complexity index is 1030. The molecule has 156 valence electrons. The van der Waals surface area contributed by atoms with E-state index < -0.39 is 5.82 Å². The smallest absolute Gasteiger partial charge is 0.232 e. The van der Waals surface area contributed by atoms with Gasteiger partial charge < -0.3 is 14.2 Å². The number of hydrogen-bond acceptors (Lipinski definition) is 5. The lowest BCUT2D eigenvalue weighted by atomic mass is 10.1. The third-order valence-corrected chi connectivity index (χ3v) is 5.19. The van der Waals surface area contributed by atoms with Gasteiger partial charge in [0.25, 0.3) is 0 Å². The van der Waals surface area contributed by atoms with Crippen molar-refractivity contribution in [2.24, 2.45) is 0 Å². The zero-order valence-electron chi connectivity index (χ0n) is 17.1. The number of aryl methyl sites for hydroxylation is 1. The number of halogens is 1. The summed E-state index contributed by atoms with van der Waals surface area (Å²) in [5, 5.41) is 4.06. The molecule has 0 N–H and O–H groups in total. The molecule has 1 fully saturated rings. The van der Waals surface area contributed by atoms with Crippen LogP contribution in [0.5, 0.6) is 5.75 Å². The molecule has 4 rings (SSSR count). The fourth-order valence-corrected chi connectivity index (χ4v) is 3.49. The predicted molar refractivity (Wildman–Crippen MR) is 111 cm³/mol. The van der Waals surface area contributed by atoms with E-state index in [-0.39, 0.29) is 18.2 Å². The molecular weight excluding hydrogens is 385 g/mol. The maximum Gasteiger partial charge on any atom is 0.232 e. The number of carbonyl (C=O) groups excluding carboxylic acids is 1. The second-order valence-electron chi connectivity index (χ2n) is 7.54. The van der Waals surface area contributed by atoms with Crippen molar-refractivity contribution in [1.82, 2.24) is 10.1 Å². The number of benzene rings is 2. The Morgan fingerprint density at radius 1 is 1.23 bits per heavy atom. The van der Waals surface area contributed by atoms with Gasteiger partial charge in [-0.1, -0.05) is 24.6 Å². The van der Waals surface area contributed by atoms with Crippen LogP contribution in [0, 0.1) is 12.7 Å². The Morgan fingerprint density at radius 2 is 2.03 bits per heavy atom. The molecule has 0 radical (unpaired) electrons. The molecule has 6 nitrogen and oxygen atoms in total. The Balaban J connectivity index is 1.46. The van der Waals surface area contributed by atoms with Crippen LogP contribution in [0.15, 0.2) is 47.0 Å². The Morgan fingerprint density at radius 3 is 2.80 bits per heavy atom. The van der Waals surface area contributed by atoms with E-state index in [1.54, 1.807) is 12.1 Å². The highest BCUT2D eigenvalue weighted by Gasteiger charge is 2.36. The van der Waals surface area contributed by atoms with Gasteiger partial charge in [-0.25, -0.2) is 4.39 Å². The van der Waals surface area contributed by atoms with E-state index in [9.17, 15) is 9.18 Å². The van der Waals surface area contributed by atoms with E-state index >= 15 is 0 Å². The average molecular weight is 409 g/mol. The van der Waals surface area contributed by atoms with Gasteiger partial charge >= 0.3 is 0 Å². The molecule has 1 amide bonds. The number of amides is 1. The minimum absolute atomic E-state index is 0.155. The predicted octanol–water partition coefficient (Wildman–Crippen LogP) is 4.88. The first-order valence-corrected chi connectivity index (χ1v) is 10.2. The maximum absolute atomic E-state index is 14.2. The number of unbranched alkanes of at least 4 members (excludes halogenated alkanes) is 1. The number of anilines is 1. The third-order valence-electron chi connectivity index (χ3n) is 5.19. The van der Waals surface area contributed by atoms with E-state index in [4.69, 9.17) is 9.26 Å². The van der Waals surface area contributed by atoms with Gasteiger partial charge in [-0.05, 0) is 55.3 Å². The van der Waals surface area contributed by atoms with Gasteiger partial charge in [0.05, 0.1) is 18.2 Å². The van der Waals surface area contributed by atoms with Gasteiger partial charge in [0, 0.05) is 18.5 Å². The summed E-state index contributed by atoms with van der Waals surface area (Å²) < 4.78 is 25.3. The Hall–Kier alpha value is -3.22. The van der Waals surface area contributed by atoms with E-state index in [0.717, 1.165) is 29.7 Å². The summed E-state index contributed by atoms with van der Waals surface area (Å²) in [6, 6.07) is 12.3. The molecule has 1 aromatic heterocycles. The molecule has 0 spiro atoms. The SMILES string of the molecule is CCCCOc1ccc(-c2noc(C3CC(=O)N(c4cc(C)ccc4F)C3)n2)cc1. The van der Waals surface area contributed by atoms with Gasteiger partial charge in [-0.15, -0.1) is 0 Å². The first kappa shape index (κ1) is 20.1. The average Bonchev–Trinajstić information content (AvgIpc) is 3.38. The fourth-order valence-electron chi connectivity index (χ4n) is 3.49. The number of hydrogen-bond donors (Lipinski definition) is 0. The molecule has 3 aromatic rings. The monoisotopic (exact) mass is 409 g/mol. The fraction of sp³-hybridized carbons (Fsp3) is 0.348. The van der Waals surface area contributed by atoms with E-state index in [1.165, 1.54) is 11.0 Å². The van der Waals surface area contributed by atoms with Gasteiger partial charge in [0.15, 0.2) is 0 Å². The topological polar surface area (TPSA) is 68.5 Å². The minimum Gasteiger partial charge on any atom is -0.494 e. The van der Waals surface area contributed by atoms with Crippen molar-refractivity contribution in [2.75, 3.05) is 18.1 Å². The Kier molecular flexibility index (Phi) is 5.79. The van der Waals surface area contributed by atoms with Crippen LogP contribution in [0.2, 0.25) is 0 Å². The second kappa shape index (κ2) is 8.65. The molecule has 1 atom stereocenters. The van der Waals surface area contributed by atoms with Crippen molar-refractivity contribution in [3.8, 4) is 17.1 Å². The summed E-state index contributed by atoms with van der Waals surface area (Å²) in [4.78, 5) is 18.4. The van der Waals surface area contributed by atoms with Gasteiger partial charge in [-0.3, -0.25) is 4.79 Å². The summed E-state index contributed by atoms with van der Waals surface area (Å²) in [5.41, 5.74) is 1.99. The van der Waals surface area contributed by atoms with Crippen LogP contribution >= 0.6 is 0 Å². The molecule has 30 heavy (non-hydrogen) atoms. The molecule has 2 aromatic carbocycles. The lowest BCUT2D eigenvalue weighted by Crippen LogP contribution is -2.25. The van der Waals surface area contributed by atoms with E-state index in [2.05, 4.69) is 17.1 Å². The molecule has 2 heterocycles. The number of ether oxygens (including phenoxy) is 1. The maximum atomic E-state index is 14.2. The Labute approximate surface area is 174 Å². The summed E-state index contributed by atoms with van der Waals surface area (Å²) in [7, 11) is 0. The van der Waals surface area contributed by atoms with Gasteiger partial charge in [0.1, 0.15) is 11.6 Å². The van der Waals surface area contributed by atoms with Crippen molar-refractivity contribution in [2.45, 2.75) is 39.0 Å². The van der Waals surface area contributed by atoms with E-state index in [1.807, 2.05) is 31.2 Å². The van der Waals surface area contributed by atoms with Crippen molar-refractivity contribution < 1.29 is 18.4 Å². The molecule has 1 aliphatic heterocycles. The summed E-state index contributed by atoms with van der Waals surface area (Å²) in [6.45, 7) is 4.99. The van der Waals surface area contributed by atoms with Crippen LogP contribution in [-0.2, 0) is 4.79 Å². The quantitative estimate of drug-likeness (QED) is 0.520. The number of carbonyl (C=O) groups is 1. The van der Waals surface area contributed by atoms with Crippen LogP contribution in [0.4, 0.5) is 10.1 Å². The highest BCUT2D eigenvalue weighted by Crippen LogP contribution is 2.33. The van der Waals surface area contributed by atoms with Crippen molar-refractivity contribution in [3.05, 3.63) is 59.7 Å².